The van der Waals surface area contributed by atoms with Gasteiger partial charge in [0.05, 0.1) is 19.1 Å². The zero-order valence-corrected chi connectivity index (χ0v) is 14.6. The van der Waals surface area contributed by atoms with Gasteiger partial charge in [0.15, 0.2) is 0 Å². The molecule has 26 heavy (non-hydrogen) atoms. The third-order valence-corrected chi connectivity index (χ3v) is 3.79. The molecule has 0 radical (unpaired) electrons. The van der Waals surface area contributed by atoms with E-state index in [2.05, 4.69) is 5.32 Å². The smallest absolute Gasteiger partial charge is 0.305 e. The molecule has 0 heterocycles. The van der Waals surface area contributed by atoms with Crippen molar-refractivity contribution in [1.29, 1.82) is 0 Å². The van der Waals surface area contributed by atoms with Crippen LogP contribution in [0.4, 0.5) is 4.39 Å². The molecule has 5 nitrogen and oxygen atoms in total. The van der Waals surface area contributed by atoms with Gasteiger partial charge in [0, 0.05) is 6.42 Å². The van der Waals surface area contributed by atoms with Crippen LogP contribution in [0.2, 0.25) is 0 Å². The summed E-state index contributed by atoms with van der Waals surface area (Å²) in [6.07, 6.45) is 0.448. The van der Waals surface area contributed by atoms with E-state index in [4.69, 9.17) is 9.84 Å². The number of aliphatic carboxylic acids is 1. The van der Waals surface area contributed by atoms with Gasteiger partial charge < -0.3 is 15.2 Å². The van der Waals surface area contributed by atoms with Gasteiger partial charge in [0.1, 0.15) is 11.6 Å². The predicted molar refractivity (Wildman–Crippen MR) is 95.4 cm³/mol. The summed E-state index contributed by atoms with van der Waals surface area (Å²) in [5.41, 5.74) is 1.65. The highest BCUT2D eigenvalue weighted by molar-refractivity contribution is 5.77. The molecule has 2 aromatic carbocycles. The van der Waals surface area contributed by atoms with Crippen LogP contribution in [0.1, 0.15) is 36.4 Å². The summed E-state index contributed by atoms with van der Waals surface area (Å²) in [5.74, 6) is -0.973. The molecule has 0 aliphatic heterocycles. The van der Waals surface area contributed by atoms with Gasteiger partial charge in [0.25, 0.3) is 0 Å². The van der Waals surface area contributed by atoms with Crippen LogP contribution in [0.25, 0.3) is 0 Å². The first-order valence-electron chi connectivity index (χ1n) is 8.40. The van der Waals surface area contributed by atoms with Crippen LogP contribution in [0.3, 0.4) is 0 Å². The maximum Gasteiger partial charge on any atom is 0.305 e. The molecule has 2 aromatic rings. The van der Waals surface area contributed by atoms with Crippen LogP contribution in [0.15, 0.2) is 48.5 Å². The Morgan fingerprint density at radius 2 is 1.92 bits per heavy atom. The van der Waals surface area contributed by atoms with E-state index in [-0.39, 0.29) is 18.7 Å². The fourth-order valence-electron chi connectivity index (χ4n) is 2.52. The van der Waals surface area contributed by atoms with E-state index < -0.39 is 17.8 Å². The molecular weight excluding hydrogens is 337 g/mol. The van der Waals surface area contributed by atoms with Crippen molar-refractivity contribution in [2.24, 2.45) is 0 Å². The Bertz CT molecular complexity index is 746. The fraction of sp³-hybridized carbons (Fsp3) is 0.300. The number of ether oxygens (including phenoxy) is 1. The normalized spacial score (nSPS) is 11.6. The summed E-state index contributed by atoms with van der Waals surface area (Å²) in [4.78, 5) is 23.1. The SMILES string of the molecule is Cc1cccc(OCCCC(=O)NC(CC(=O)O)c2ccc(F)cc2)c1. The number of rotatable bonds is 9. The molecule has 1 unspecified atom stereocenters. The summed E-state index contributed by atoms with van der Waals surface area (Å²) in [6, 6.07) is 12.4. The number of carbonyl (C=O) groups is 2. The quantitative estimate of drug-likeness (QED) is 0.671. The Morgan fingerprint density at radius 1 is 1.19 bits per heavy atom. The predicted octanol–water partition coefficient (Wildman–Crippen LogP) is 3.63. The third-order valence-electron chi connectivity index (χ3n) is 3.79. The van der Waals surface area contributed by atoms with Gasteiger partial charge in [0.2, 0.25) is 5.91 Å². The van der Waals surface area contributed by atoms with Gasteiger partial charge >= 0.3 is 5.97 Å². The molecular formula is C20H22FNO4. The van der Waals surface area contributed by atoms with Crippen molar-refractivity contribution < 1.29 is 23.8 Å². The van der Waals surface area contributed by atoms with E-state index >= 15 is 0 Å². The van der Waals surface area contributed by atoms with Crippen molar-refractivity contribution in [3.05, 3.63) is 65.5 Å². The number of benzene rings is 2. The Labute approximate surface area is 151 Å². The van der Waals surface area contributed by atoms with Gasteiger partial charge in [-0.3, -0.25) is 9.59 Å². The first kappa shape index (κ1) is 19.4. The van der Waals surface area contributed by atoms with Crippen LogP contribution in [0, 0.1) is 12.7 Å². The molecule has 1 atom stereocenters. The number of aryl methyl sites for hydroxylation is 1. The number of carboxylic acid groups (broad SMARTS) is 1. The van der Waals surface area contributed by atoms with Crippen LogP contribution < -0.4 is 10.1 Å². The van der Waals surface area contributed by atoms with Gasteiger partial charge in [-0.15, -0.1) is 0 Å². The number of nitrogens with one attached hydrogen (secondary N) is 1. The lowest BCUT2D eigenvalue weighted by molar-refractivity contribution is -0.137. The highest BCUT2D eigenvalue weighted by Gasteiger charge is 2.18. The summed E-state index contributed by atoms with van der Waals surface area (Å²) < 4.78 is 18.6. The summed E-state index contributed by atoms with van der Waals surface area (Å²) in [7, 11) is 0. The first-order chi connectivity index (χ1) is 12.4. The molecule has 0 saturated heterocycles. The largest absolute Gasteiger partial charge is 0.494 e. The maximum atomic E-state index is 13.0. The van der Waals surface area contributed by atoms with Crippen LogP contribution in [-0.4, -0.2) is 23.6 Å². The molecule has 1 amide bonds. The first-order valence-corrected chi connectivity index (χ1v) is 8.40. The minimum absolute atomic E-state index is 0.211. The molecule has 0 aliphatic rings. The second-order valence-electron chi connectivity index (χ2n) is 6.04. The average Bonchev–Trinajstić information content (AvgIpc) is 2.58. The summed E-state index contributed by atoms with van der Waals surface area (Å²) in [6.45, 7) is 2.36. The van der Waals surface area contributed by atoms with Crippen molar-refractivity contribution in [3.8, 4) is 5.75 Å². The minimum atomic E-state index is -1.04. The molecule has 6 heteroatoms. The number of hydrogen-bond acceptors (Lipinski definition) is 3. The Kier molecular flexibility index (Phi) is 7.14. The van der Waals surface area contributed by atoms with E-state index in [0.717, 1.165) is 11.3 Å². The zero-order valence-electron chi connectivity index (χ0n) is 14.6. The van der Waals surface area contributed by atoms with Crippen molar-refractivity contribution in [3.63, 3.8) is 0 Å². The Hall–Kier alpha value is -2.89. The Morgan fingerprint density at radius 3 is 2.58 bits per heavy atom. The molecule has 0 aliphatic carbocycles. The van der Waals surface area contributed by atoms with Crippen molar-refractivity contribution in [1.82, 2.24) is 5.32 Å². The van der Waals surface area contributed by atoms with E-state index in [1.807, 2.05) is 31.2 Å². The van der Waals surface area contributed by atoms with E-state index in [1.165, 1.54) is 24.3 Å². The summed E-state index contributed by atoms with van der Waals surface area (Å²) in [5, 5.41) is 11.7. The minimum Gasteiger partial charge on any atom is -0.494 e. The topological polar surface area (TPSA) is 75.6 Å². The summed E-state index contributed by atoms with van der Waals surface area (Å²) >= 11 is 0. The molecule has 138 valence electrons. The molecule has 0 saturated carbocycles. The molecule has 2 N–H and O–H groups in total. The molecule has 0 bridgehead atoms. The zero-order chi connectivity index (χ0) is 18.9. The van der Waals surface area contributed by atoms with Crippen LogP contribution >= 0.6 is 0 Å². The number of hydrogen-bond donors (Lipinski definition) is 2. The fourth-order valence-corrected chi connectivity index (χ4v) is 2.52. The lowest BCUT2D eigenvalue weighted by Crippen LogP contribution is -2.30. The van der Waals surface area contributed by atoms with Crippen molar-refractivity contribution in [2.75, 3.05) is 6.61 Å². The lowest BCUT2D eigenvalue weighted by Gasteiger charge is -2.17. The van der Waals surface area contributed by atoms with Gasteiger partial charge in [-0.25, -0.2) is 4.39 Å². The van der Waals surface area contributed by atoms with E-state index in [9.17, 15) is 14.0 Å². The van der Waals surface area contributed by atoms with E-state index in [0.29, 0.717) is 18.6 Å². The standard InChI is InChI=1S/C20H22FNO4/c1-14-4-2-5-17(12-14)26-11-3-6-19(23)22-18(13-20(24)25)15-7-9-16(21)10-8-15/h2,4-5,7-10,12,18H,3,6,11,13H2,1H3,(H,22,23)(H,24,25). The highest BCUT2D eigenvalue weighted by atomic mass is 19.1. The molecule has 2 rings (SSSR count). The number of halogens is 1. The van der Waals surface area contributed by atoms with Crippen molar-refractivity contribution >= 4 is 11.9 Å². The number of amides is 1. The maximum absolute atomic E-state index is 13.0. The van der Waals surface area contributed by atoms with Gasteiger partial charge in [-0.05, 0) is 48.7 Å². The van der Waals surface area contributed by atoms with Crippen molar-refractivity contribution in [2.45, 2.75) is 32.2 Å². The lowest BCUT2D eigenvalue weighted by atomic mass is 10.0. The second-order valence-corrected chi connectivity index (χ2v) is 6.04. The second kappa shape index (κ2) is 9.56. The highest BCUT2D eigenvalue weighted by Crippen LogP contribution is 2.18. The van der Waals surface area contributed by atoms with Crippen LogP contribution in [0.5, 0.6) is 5.75 Å². The van der Waals surface area contributed by atoms with Crippen LogP contribution in [-0.2, 0) is 9.59 Å². The number of carbonyl (C=O) groups excluding carboxylic acids is 1. The molecule has 0 aromatic heterocycles. The van der Waals surface area contributed by atoms with Gasteiger partial charge in [-0.1, -0.05) is 24.3 Å². The monoisotopic (exact) mass is 359 g/mol. The average molecular weight is 359 g/mol. The Balaban J connectivity index is 1.82. The van der Waals surface area contributed by atoms with Gasteiger partial charge in [-0.2, -0.15) is 0 Å². The molecule has 0 spiro atoms. The van der Waals surface area contributed by atoms with E-state index in [1.54, 1.807) is 0 Å². The number of carboxylic acids is 1. The molecule has 0 fully saturated rings. The third kappa shape index (κ3) is 6.55.